The average Bonchev–Trinajstić information content (AvgIpc) is 3.46. The molecule has 0 spiro atoms. The van der Waals surface area contributed by atoms with Gasteiger partial charge in [0, 0.05) is 36.4 Å². The van der Waals surface area contributed by atoms with Crippen molar-refractivity contribution in [3.63, 3.8) is 0 Å². The van der Waals surface area contributed by atoms with E-state index in [1.807, 2.05) is 20.8 Å². The van der Waals surface area contributed by atoms with Crippen LogP contribution in [0, 0.1) is 0 Å². The molecule has 1 saturated carbocycles. The highest BCUT2D eigenvalue weighted by Gasteiger charge is 2.25. The van der Waals surface area contributed by atoms with Crippen molar-refractivity contribution in [3.8, 4) is 0 Å². The number of nitrogens with zero attached hydrogens (tertiary/aromatic N) is 1. The van der Waals surface area contributed by atoms with Gasteiger partial charge >= 0.3 is 6.09 Å². The normalized spacial score (nSPS) is 17.8. The van der Waals surface area contributed by atoms with Gasteiger partial charge in [-0.3, -0.25) is 14.5 Å². The second-order valence-electron chi connectivity index (χ2n) is 9.07. The predicted octanol–water partition coefficient (Wildman–Crippen LogP) is 2.51. The molecular formula is C22H32N4O4. The van der Waals surface area contributed by atoms with E-state index in [2.05, 4.69) is 20.9 Å². The van der Waals surface area contributed by atoms with Crippen molar-refractivity contribution in [2.24, 2.45) is 0 Å². The highest BCUT2D eigenvalue weighted by Crippen LogP contribution is 2.20. The number of hydrogen-bond acceptors (Lipinski definition) is 5. The third-order valence-electron chi connectivity index (χ3n) is 5.00. The first-order chi connectivity index (χ1) is 14.2. The van der Waals surface area contributed by atoms with E-state index in [1.54, 1.807) is 24.3 Å². The fraction of sp³-hybridized carbons (Fsp3) is 0.591. The lowest BCUT2D eigenvalue weighted by Gasteiger charge is -2.32. The topological polar surface area (TPSA) is 99.8 Å². The van der Waals surface area contributed by atoms with E-state index < -0.39 is 11.7 Å². The van der Waals surface area contributed by atoms with Gasteiger partial charge in [-0.25, -0.2) is 4.79 Å². The van der Waals surface area contributed by atoms with Crippen molar-refractivity contribution in [2.75, 3.05) is 25.0 Å². The molecule has 30 heavy (non-hydrogen) atoms. The first-order valence-electron chi connectivity index (χ1n) is 10.6. The van der Waals surface area contributed by atoms with Crippen molar-refractivity contribution in [2.45, 2.75) is 64.1 Å². The van der Waals surface area contributed by atoms with Crippen molar-refractivity contribution >= 4 is 23.6 Å². The number of rotatable bonds is 6. The van der Waals surface area contributed by atoms with Crippen LogP contribution in [0.1, 0.15) is 56.8 Å². The second-order valence-corrected chi connectivity index (χ2v) is 9.07. The molecule has 1 saturated heterocycles. The lowest BCUT2D eigenvalue weighted by molar-refractivity contribution is -0.117. The number of anilines is 1. The molecule has 2 fully saturated rings. The Bertz CT molecular complexity index is 778. The number of alkyl carbamates (subject to hydrolysis) is 1. The second kappa shape index (κ2) is 9.47. The third-order valence-corrected chi connectivity index (χ3v) is 5.00. The monoisotopic (exact) mass is 416 g/mol. The van der Waals surface area contributed by atoms with E-state index in [4.69, 9.17) is 4.74 Å². The number of nitrogens with one attached hydrogen (secondary N) is 3. The van der Waals surface area contributed by atoms with Crippen LogP contribution in [0.3, 0.4) is 0 Å². The zero-order chi connectivity index (χ0) is 21.7. The van der Waals surface area contributed by atoms with Gasteiger partial charge in [0.1, 0.15) is 5.60 Å². The van der Waals surface area contributed by atoms with Crippen LogP contribution in [0.25, 0.3) is 0 Å². The zero-order valence-electron chi connectivity index (χ0n) is 18.0. The molecule has 3 N–H and O–H groups in total. The van der Waals surface area contributed by atoms with E-state index >= 15 is 0 Å². The third kappa shape index (κ3) is 7.33. The Morgan fingerprint density at radius 1 is 1.03 bits per heavy atom. The molecule has 8 nitrogen and oxygen atoms in total. The van der Waals surface area contributed by atoms with Gasteiger partial charge in [-0.1, -0.05) is 6.07 Å². The van der Waals surface area contributed by atoms with Crippen LogP contribution < -0.4 is 16.0 Å². The van der Waals surface area contributed by atoms with E-state index in [0.717, 1.165) is 38.8 Å². The first kappa shape index (κ1) is 22.1. The molecule has 3 amide bonds. The minimum atomic E-state index is -0.515. The van der Waals surface area contributed by atoms with Crippen LogP contribution in [0.5, 0.6) is 0 Å². The Kier molecular flexibility index (Phi) is 6.97. The molecule has 0 radical (unpaired) electrons. The molecular weight excluding hydrogens is 384 g/mol. The number of piperidine rings is 1. The number of benzene rings is 1. The van der Waals surface area contributed by atoms with Crippen molar-refractivity contribution < 1.29 is 19.1 Å². The Morgan fingerprint density at radius 3 is 2.33 bits per heavy atom. The summed E-state index contributed by atoms with van der Waals surface area (Å²) in [7, 11) is 0. The van der Waals surface area contributed by atoms with Gasteiger partial charge in [-0.15, -0.1) is 0 Å². The summed E-state index contributed by atoms with van der Waals surface area (Å²) in [5.74, 6) is -0.221. The predicted molar refractivity (Wildman–Crippen MR) is 114 cm³/mol. The molecule has 3 rings (SSSR count). The molecule has 1 aromatic carbocycles. The van der Waals surface area contributed by atoms with E-state index in [1.165, 1.54) is 0 Å². The van der Waals surface area contributed by atoms with Gasteiger partial charge in [0.25, 0.3) is 5.91 Å². The quantitative estimate of drug-likeness (QED) is 0.662. The summed E-state index contributed by atoms with van der Waals surface area (Å²) in [6.07, 6.45) is 3.20. The fourth-order valence-corrected chi connectivity index (χ4v) is 3.35. The van der Waals surface area contributed by atoms with Crippen LogP contribution in [-0.2, 0) is 9.53 Å². The van der Waals surface area contributed by atoms with Crippen molar-refractivity contribution in [1.29, 1.82) is 0 Å². The molecule has 8 heteroatoms. The summed E-state index contributed by atoms with van der Waals surface area (Å²) in [5, 5.41) is 8.72. The lowest BCUT2D eigenvalue weighted by Crippen LogP contribution is -2.47. The molecule has 0 unspecified atom stereocenters. The summed E-state index contributed by atoms with van der Waals surface area (Å²) in [6.45, 7) is 7.22. The minimum Gasteiger partial charge on any atom is -0.444 e. The van der Waals surface area contributed by atoms with E-state index in [0.29, 0.717) is 17.3 Å². The van der Waals surface area contributed by atoms with Gasteiger partial charge < -0.3 is 20.7 Å². The highest BCUT2D eigenvalue weighted by molar-refractivity contribution is 5.97. The van der Waals surface area contributed by atoms with Crippen LogP contribution in [0.4, 0.5) is 10.5 Å². The first-order valence-corrected chi connectivity index (χ1v) is 10.6. The lowest BCUT2D eigenvalue weighted by atomic mass is 10.1. The number of ether oxygens (including phenoxy) is 1. The van der Waals surface area contributed by atoms with Gasteiger partial charge in [0.15, 0.2) is 0 Å². The maximum atomic E-state index is 12.4. The number of likely N-dealkylation sites (tertiary alicyclic amines) is 1. The molecule has 164 valence electrons. The molecule has 0 aromatic heterocycles. The molecule has 1 aliphatic carbocycles. The highest BCUT2D eigenvalue weighted by atomic mass is 16.6. The van der Waals surface area contributed by atoms with E-state index in [9.17, 15) is 14.4 Å². The Balaban J connectivity index is 1.41. The smallest absolute Gasteiger partial charge is 0.407 e. The van der Waals surface area contributed by atoms with Crippen LogP contribution in [-0.4, -0.2) is 60.1 Å². The van der Waals surface area contributed by atoms with Gasteiger partial charge in [0.05, 0.1) is 6.54 Å². The molecule has 1 aliphatic heterocycles. The van der Waals surface area contributed by atoms with Crippen LogP contribution >= 0.6 is 0 Å². The van der Waals surface area contributed by atoms with Crippen LogP contribution in [0.2, 0.25) is 0 Å². The Labute approximate surface area is 177 Å². The number of hydrogen-bond donors (Lipinski definition) is 3. The summed E-state index contributed by atoms with van der Waals surface area (Å²) < 4.78 is 5.29. The summed E-state index contributed by atoms with van der Waals surface area (Å²) >= 11 is 0. The zero-order valence-corrected chi connectivity index (χ0v) is 18.0. The van der Waals surface area contributed by atoms with Crippen LogP contribution in [0.15, 0.2) is 24.3 Å². The molecule has 0 atom stereocenters. The molecule has 1 aromatic rings. The van der Waals surface area contributed by atoms with Gasteiger partial charge in [0.2, 0.25) is 5.91 Å². The molecule has 0 bridgehead atoms. The standard InChI is InChI=1S/C22H32N4O4/c1-22(2,3)30-21(29)25-17-9-11-26(12-10-17)14-19(27)23-18-6-4-5-15(13-18)20(28)24-16-7-8-16/h4-6,13,16-17H,7-12,14H2,1-3H3,(H,23,27)(H,24,28)(H,25,29). The molecule has 1 heterocycles. The summed E-state index contributed by atoms with van der Waals surface area (Å²) in [5.41, 5.74) is 0.650. The average molecular weight is 417 g/mol. The maximum absolute atomic E-state index is 12.4. The van der Waals surface area contributed by atoms with E-state index in [-0.39, 0.29) is 24.4 Å². The number of carbonyl (C=O) groups is 3. The fourth-order valence-electron chi connectivity index (χ4n) is 3.35. The van der Waals surface area contributed by atoms with Crippen molar-refractivity contribution in [3.05, 3.63) is 29.8 Å². The SMILES string of the molecule is CC(C)(C)OC(=O)NC1CCN(CC(=O)Nc2cccc(C(=O)NC3CC3)c2)CC1. The minimum absolute atomic E-state index is 0.0563. The Morgan fingerprint density at radius 2 is 1.70 bits per heavy atom. The number of amides is 3. The maximum Gasteiger partial charge on any atom is 0.407 e. The van der Waals surface area contributed by atoms with Crippen molar-refractivity contribution in [1.82, 2.24) is 15.5 Å². The molecule has 2 aliphatic rings. The van der Waals surface area contributed by atoms with Gasteiger partial charge in [-0.05, 0) is 64.7 Å². The Hall–Kier alpha value is -2.61. The van der Waals surface area contributed by atoms with Gasteiger partial charge in [-0.2, -0.15) is 0 Å². The summed E-state index contributed by atoms with van der Waals surface area (Å²) in [6, 6.07) is 7.35. The number of carbonyl (C=O) groups excluding carboxylic acids is 3. The largest absolute Gasteiger partial charge is 0.444 e. The summed E-state index contributed by atoms with van der Waals surface area (Å²) in [4.78, 5) is 38.5.